The van der Waals surface area contributed by atoms with Gasteiger partial charge in [0.1, 0.15) is 0 Å². The van der Waals surface area contributed by atoms with Crippen LogP contribution in [0.3, 0.4) is 0 Å². The van der Waals surface area contributed by atoms with Crippen molar-refractivity contribution in [1.82, 2.24) is 10.2 Å². The molecule has 0 aliphatic carbocycles. The molecule has 1 N–H and O–H groups in total. The minimum atomic E-state index is 0.0847. The highest BCUT2D eigenvalue weighted by atomic mass is 16.5. The molecule has 0 aliphatic heterocycles. The lowest BCUT2D eigenvalue weighted by atomic mass is 9.88. The number of benzene rings is 1. The fourth-order valence-electron chi connectivity index (χ4n) is 2.52. The number of methoxy groups -OCH3 is 1. The van der Waals surface area contributed by atoms with E-state index in [1.807, 2.05) is 18.0 Å². The van der Waals surface area contributed by atoms with E-state index in [-0.39, 0.29) is 5.91 Å². The molecule has 0 saturated heterocycles. The molecular weight excluding hydrogens is 276 g/mol. The normalized spacial score (nSPS) is 12.6. The number of nitrogens with zero attached hydrogens (tertiary/aromatic N) is 1. The zero-order valence-corrected chi connectivity index (χ0v) is 14.3. The monoisotopic (exact) mass is 306 g/mol. The average Bonchev–Trinajstić information content (AvgIpc) is 2.48. The maximum Gasteiger partial charge on any atom is 0.234 e. The molecule has 0 aliphatic rings. The van der Waals surface area contributed by atoms with E-state index in [9.17, 15) is 4.79 Å². The molecule has 0 saturated carbocycles. The molecule has 1 unspecified atom stereocenters. The lowest BCUT2D eigenvalue weighted by Gasteiger charge is -2.23. The van der Waals surface area contributed by atoms with Gasteiger partial charge in [-0.05, 0) is 24.9 Å². The SMILES string of the molecule is COCCCN(C)CC(=O)NCC(c1ccccc1)C(C)C. The summed E-state index contributed by atoms with van der Waals surface area (Å²) in [4.78, 5) is 14.1. The fourth-order valence-corrected chi connectivity index (χ4v) is 2.52. The van der Waals surface area contributed by atoms with Crippen molar-refractivity contribution in [1.29, 1.82) is 0 Å². The van der Waals surface area contributed by atoms with Gasteiger partial charge in [-0.25, -0.2) is 0 Å². The number of ether oxygens (including phenoxy) is 1. The van der Waals surface area contributed by atoms with Crippen molar-refractivity contribution in [2.45, 2.75) is 26.2 Å². The molecule has 22 heavy (non-hydrogen) atoms. The van der Waals surface area contributed by atoms with E-state index in [0.29, 0.717) is 24.9 Å². The van der Waals surface area contributed by atoms with Crippen LogP contribution >= 0.6 is 0 Å². The summed E-state index contributed by atoms with van der Waals surface area (Å²) in [6, 6.07) is 10.4. The molecule has 1 aromatic rings. The number of hydrogen-bond acceptors (Lipinski definition) is 3. The average molecular weight is 306 g/mol. The van der Waals surface area contributed by atoms with Gasteiger partial charge in [0.15, 0.2) is 0 Å². The summed E-state index contributed by atoms with van der Waals surface area (Å²) in [5, 5.41) is 3.07. The van der Waals surface area contributed by atoms with E-state index < -0.39 is 0 Å². The number of likely N-dealkylation sites (N-methyl/N-ethyl adjacent to an activating group) is 1. The number of rotatable bonds is 10. The van der Waals surface area contributed by atoms with Crippen LogP contribution in [0.2, 0.25) is 0 Å². The van der Waals surface area contributed by atoms with Crippen LogP contribution in [0.25, 0.3) is 0 Å². The molecule has 1 aromatic carbocycles. The summed E-state index contributed by atoms with van der Waals surface area (Å²) in [7, 11) is 3.66. The Morgan fingerprint density at radius 2 is 1.95 bits per heavy atom. The second-order valence-electron chi connectivity index (χ2n) is 6.15. The fraction of sp³-hybridized carbons (Fsp3) is 0.611. The summed E-state index contributed by atoms with van der Waals surface area (Å²) >= 11 is 0. The van der Waals surface area contributed by atoms with Gasteiger partial charge in [-0.1, -0.05) is 44.2 Å². The van der Waals surface area contributed by atoms with Crippen molar-refractivity contribution in [2.75, 3.05) is 40.4 Å². The molecule has 0 bridgehead atoms. The third-order valence-electron chi connectivity index (χ3n) is 3.85. The first-order valence-corrected chi connectivity index (χ1v) is 8.03. The number of carbonyl (C=O) groups is 1. The highest BCUT2D eigenvalue weighted by Gasteiger charge is 2.17. The predicted molar refractivity (Wildman–Crippen MR) is 91.0 cm³/mol. The molecule has 0 aromatic heterocycles. The van der Waals surface area contributed by atoms with E-state index in [1.54, 1.807) is 7.11 Å². The van der Waals surface area contributed by atoms with Gasteiger partial charge >= 0.3 is 0 Å². The number of amides is 1. The zero-order chi connectivity index (χ0) is 16.4. The van der Waals surface area contributed by atoms with Crippen LogP contribution in [-0.4, -0.2) is 51.2 Å². The van der Waals surface area contributed by atoms with Gasteiger partial charge in [-0.3, -0.25) is 9.69 Å². The van der Waals surface area contributed by atoms with Crippen molar-refractivity contribution in [3.05, 3.63) is 35.9 Å². The maximum absolute atomic E-state index is 12.1. The van der Waals surface area contributed by atoms with Gasteiger partial charge in [-0.2, -0.15) is 0 Å². The summed E-state index contributed by atoms with van der Waals surface area (Å²) in [5.41, 5.74) is 1.28. The molecule has 1 amide bonds. The number of hydrogen-bond donors (Lipinski definition) is 1. The smallest absolute Gasteiger partial charge is 0.234 e. The van der Waals surface area contributed by atoms with Crippen molar-refractivity contribution >= 4 is 5.91 Å². The minimum Gasteiger partial charge on any atom is -0.385 e. The van der Waals surface area contributed by atoms with E-state index in [2.05, 4.69) is 43.4 Å². The Labute approximate surface area is 134 Å². The third-order valence-corrected chi connectivity index (χ3v) is 3.85. The zero-order valence-electron chi connectivity index (χ0n) is 14.3. The second kappa shape index (κ2) is 10.4. The molecule has 1 rings (SSSR count). The van der Waals surface area contributed by atoms with Crippen LogP contribution < -0.4 is 5.32 Å². The van der Waals surface area contributed by atoms with Crippen LogP contribution in [0.5, 0.6) is 0 Å². The van der Waals surface area contributed by atoms with Crippen LogP contribution in [-0.2, 0) is 9.53 Å². The summed E-state index contributed by atoms with van der Waals surface area (Å²) in [5.74, 6) is 0.924. The second-order valence-corrected chi connectivity index (χ2v) is 6.15. The van der Waals surface area contributed by atoms with Crippen molar-refractivity contribution in [2.24, 2.45) is 5.92 Å². The molecule has 1 atom stereocenters. The number of carbonyl (C=O) groups excluding carboxylic acids is 1. The van der Waals surface area contributed by atoms with E-state index in [0.717, 1.165) is 19.6 Å². The minimum absolute atomic E-state index is 0.0847. The summed E-state index contributed by atoms with van der Waals surface area (Å²) < 4.78 is 5.02. The highest BCUT2D eigenvalue weighted by molar-refractivity contribution is 5.78. The van der Waals surface area contributed by atoms with E-state index in [4.69, 9.17) is 4.74 Å². The van der Waals surface area contributed by atoms with Crippen LogP contribution in [0.4, 0.5) is 0 Å². The van der Waals surface area contributed by atoms with Gasteiger partial charge in [0.2, 0.25) is 5.91 Å². The topological polar surface area (TPSA) is 41.6 Å². The lowest BCUT2D eigenvalue weighted by molar-refractivity contribution is -0.122. The molecule has 0 fully saturated rings. The molecule has 0 radical (unpaired) electrons. The Morgan fingerprint density at radius 1 is 1.27 bits per heavy atom. The van der Waals surface area contributed by atoms with Crippen molar-refractivity contribution in [3.8, 4) is 0 Å². The van der Waals surface area contributed by atoms with Crippen molar-refractivity contribution < 1.29 is 9.53 Å². The molecule has 4 heteroatoms. The van der Waals surface area contributed by atoms with Crippen molar-refractivity contribution in [3.63, 3.8) is 0 Å². The van der Waals surface area contributed by atoms with Crippen LogP contribution in [0.1, 0.15) is 31.7 Å². The maximum atomic E-state index is 12.1. The Kier molecular flexibility index (Phi) is 8.78. The largest absolute Gasteiger partial charge is 0.385 e. The van der Waals surface area contributed by atoms with Gasteiger partial charge < -0.3 is 10.1 Å². The third kappa shape index (κ3) is 7.05. The lowest BCUT2D eigenvalue weighted by Crippen LogP contribution is -2.38. The summed E-state index contributed by atoms with van der Waals surface area (Å²) in [6.07, 6.45) is 0.943. The van der Waals surface area contributed by atoms with Crippen LogP contribution in [0, 0.1) is 5.92 Å². The molecule has 0 spiro atoms. The Morgan fingerprint density at radius 3 is 2.55 bits per heavy atom. The van der Waals surface area contributed by atoms with Gasteiger partial charge in [0.05, 0.1) is 6.54 Å². The number of nitrogens with one attached hydrogen (secondary N) is 1. The first-order chi connectivity index (χ1) is 10.5. The molecule has 124 valence electrons. The van der Waals surface area contributed by atoms with Gasteiger partial charge in [-0.15, -0.1) is 0 Å². The van der Waals surface area contributed by atoms with Gasteiger partial charge in [0.25, 0.3) is 0 Å². The van der Waals surface area contributed by atoms with E-state index >= 15 is 0 Å². The highest BCUT2D eigenvalue weighted by Crippen LogP contribution is 2.23. The first kappa shape index (κ1) is 18.7. The molecule has 4 nitrogen and oxygen atoms in total. The predicted octanol–water partition coefficient (Wildman–Crippen LogP) is 2.51. The Balaban J connectivity index is 2.40. The standard InChI is InChI=1S/C18H30N2O2/c1-15(2)17(16-9-6-5-7-10-16)13-19-18(21)14-20(3)11-8-12-22-4/h5-7,9-10,15,17H,8,11-14H2,1-4H3,(H,19,21). The van der Waals surface area contributed by atoms with Crippen LogP contribution in [0.15, 0.2) is 30.3 Å². The molecule has 0 heterocycles. The molecular formula is C18H30N2O2. The Bertz CT molecular complexity index is 420. The summed E-state index contributed by atoms with van der Waals surface area (Å²) in [6.45, 7) is 7.11. The Hall–Kier alpha value is -1.39. The van der Waals surface area contributed by atoms with Gasteiger partial charge in [0, 0.05) is 32.7 Å². The van der Waals surface area contributed by atoms with E-state index in [1.165, 1.54) is 5.56 Å². The quantitative estimate of drug-likeness (QED) is 0.675. The first-order valence-electron chi connectivity index (χ1n) is 8.03.